The lowest BCUT2D eigenvalue weighted by molar-refractivity contribution is -0.110. The number of nitrogens with one attached hydrogen (secondary N) is 1. The Morgan fingerprint density at radius 3 is 2.58 bits per heavy atom. The van der Waals surface area contributed by atoms with Crippen molar-refractivity contribution < 1.29 is 14.3 Å². The lowest BCUT2D eigenvalue weighted by atomic mass is 10.0. The minimum Gasteiger partial charge on any atom is -0.508 e. The largest absolute Gasteiger partial charge is 0.508 e. The Labute approximate surface area is 109 Å². The second-order valence-corrected chi connectivity index (χ2v) is 4.29. The highest BCUT2D eigenvalue weighted by molar-refractivity contribution is 6.34. The van der Waals surface area contributed by atoms with Gasteiger partial charge in [0.1, 0.15) is 11.6 Å². The van der Waals surface area contributed by atoms with E-state index in [9.17, 15) is 14.3 Å². The van der Waals surface area contributed by atoms with E-state index in [0.717, 1.165) is 5.56 Å². The average molecular weight is 255 g/mol. The number of phenolic OH excluding ortho intramolecular Hbond substituents is 1. The minimum atomic E-state index is -0.383. The Bertz CT molecular complexity index is 690. The zero-order chi connectivity index (χ0) is 13.4. The summed E-state index contributed by atoms with van der Waals surface area (Å²) in [6, 6.07) is 10.6. The number of amides is 1. The summed E-state index contributed by atoms with van der Waals surface area (Å²) in [4.78, 5) is 11.9. The van der Waals surface area contributed by atoms with Crippen molar-refractivity contribution in [3.63, 3.8) is 0 Å². The first-order valence-electron chi connectivity index (χ1n) is 5.75. The van der Waals surface area contributed by atoms with Gasteiger partial charge >= 0.3 is 0 Å². The van der Waals surface area contributed by atoms with Crippen LogP contribution in [0.25, 0.3) is 11.6 Å². The standard InChI is InChI=1S/C15H10FNO2/c16-10-3-6-14-12(8-10)13(15(19)17-14)7-9-1-4-11(18)5-2-9/h1-8,18H,(H,17,19)/b13-7+. The quantitative estimate of drug-likeness (QED) is 0.769. The van der Waals surface area contributed by atoms with Crippen LogP contribution >= 0.6 is 0 Å². The lowest BCUT2D eigenvalue weighted by Gasteiger charge is -1.99. The second-order valence-electron chi connectivity index (χ2n) is 4.29. The summed E-state index contributed by atoms with van der Waals surface area (Å²) in [7, 11) is 0. The first-order chi connectivity index (χ1) is 9.13. The van der Waals surface area contributed by atoms with Gasteiger partial charge in [0.2, 0.25) is 0 Å². The highest BCUT2D eigenvalue weighted by Crippen LogP contribution is 2.33. The number of aromatic hydroxyl groups is 1. The maximum atomic E-state index is 13.3. The van der Waals surface area contributed by atoms with Crippen molar-refractivity contribution in [3.8, 4) is 5.75 Å². The third-order valence-corrected chi connectivity index (χ3v) is 2.97. The molecule has 1 aliphatic heterocycles. The van der Waals surface area contributed by atoms with Gasteiger partial charge in [0.15, 0.2) is 0 Å². The van der Waals surface area contributed by atoms with Crippen molar-refractivity contribution in [3.05, 3.63) is 59.4 Å². The van der Waals surface area contributed by atoms with Gasteiger partial charge in [0.25, 0.3) is 5.91 Å². The molecule has 0 unspecified atom stereocenters. The van der Waals surface area contributed by atoms with Crippen LogP contribution in [0.5, 0.6) is 5.75 Å². The van der Waals surface area contributed by atoms with Crippen LogP contribution in [0.15, 0.2) is 42.5 Å². The van der Waals surface area contributed by atoms with E-state index in [1.165, 1.54) is 24.3 Å². The number of halogens is 1. The van der Waals surface area contributed by atoms with Crippen LogP contribution in [0.2, 0.25) is 0 Å². The summed E-state index contributed by atoms with van der Waals surface area (Å²) >= 11 is 0. The van der Waals surface area contributed by atoms with Gasteiger partial charge in [-0.15, -0.1) is 0 Å². The van der Waals surface area contributed by atoms with Gasteiger partial charge in [0, 0.05) is 16.8 Å². The minimum absolute atomic E-state index is 0.157. The van der Waals surface area contributed by atoms with Crippen molar-refractivity contribution in [2.24, 2.45) is 0 Å². The van der Waals surface area contributed by atoms with Crippen LogP contribution in [0, 0.1) is 5.82 Å². The molecular weight excluding hydrogens is 245 g/mol. The topological polar surface area (TPSA) is 49.3 Å². The van der Waals surface area contributed by atoms with Crippen LogP contribution in [0.3, 0.4) is 0 Å². The van der Waals surface area contributed by atoms with E-state index in [1.807, 2.05) is 0 Å². The summed E-state index contributed by atoms with van der Waals surface area (Å²) < 4.78 is 13.3. The summed E-state index contributed by atoms with van der Waals surface area (Å²) in [5.74, 6) is -0.481. The van der Waals surface area contributed by atoms with Gasteiger partial charge in [-0.1, -0.05) is 12.1 Å². The highest BCUT2D eigenvalue weighted by atomic mass is 19.1. The van der Waals surface area contributed by atoms with E-state index in [2.05, 4.69) is 5.32 Å². The number of benzene rings is 2. The van der Waals surface area contributed by atoms with Crippen LogP contribution in [0.4, 0.5) is 10.1 Å². The molecular formula is C15H10FNO2. The van der Waals surface area contributed by atoms with Crippen molar-refractivity contribution in [2.45, 2.75) is 0 Å². The zero-order valence-corrected chi connectivity index (χ0v) is 9.85. The van der Waals surface area contributed by atoms with E-state index in [-0.39, 0.29) is 17.5 Å². The number of rotatable bonds is 1. The average Bonchev–Trinajstić information content (AvgIpc) is 2.69. The van der Waals surface area contributed by atoms with Crippen molar-refractivity contribution >= 4 is 23.2 Å². The molecule has 0 fully saturated rings. The van der Waals surface area contributed by atoms with E-state index in [0.29, 0.717) is 16.8 Å². The predicted octanol–water partition coefficient (Wildman–Crippen LogP) is 3.02. The monoisotopic (exact) mass is 255 g/mol. The summed E-state index contributed by atoms with van der Waals surface area (Å²) in [6.45, 7) is 0. The van der Waals surface area contributed by atoms with Gasteiger partial charge < -0.3 is 10.4 Å². The van der Waals surface area contributed by atoms with Crippen LogP contribution in [-0.4, -0.2) is 11.0 Å². The molecule has 0 aromatic heterocycles. The Morgan fingerprint density at radius 1 is 1.11 bits per heavy atom. The second kappa shape index (κ2) is 4.24. The van der Waals surface area contributed by atoms with E-state index >= 15 is 0 Å². The Kier molecular flexibility index (Phi) is 2.56. The Hall–Kier alpha value is -2.62. The molecule has 1 aliphatic rings. The normalized spacial score (nSPS) is 15.4. The van der Waals surface area contributed by atoms with Crippen LogP contribution in [0.1, 0.15) is 11.1 Å². The van der Waals surface area contributed by atoms with E-state index in [1.54, 1.807) is 24.3 Å². The number of hydrogen-bond donors (Lipinski definition) is 2. The predicted molar refractivity (Wildman–Crippen MR) is 71.0 cm³/mol. The molecule has 1 heterocycles. The van der Waals surface area contributed by atoms with Crippen LogP contribution < -0.4 is 5.32 Å². The maximum Gasteiger partial charge on any atom is 0.256 e. The molecule has 1 amide bonds. The molecule has 94 valence electrons. The van der Waals surface area contributed by atoms with Gasteiger partial charge in [-0.25, -0.2) is 4.39 Å². The summed E-state index contributed by atoms with van der Waals surface area (Å²) in [6.07, 6.45) is 1.67. The Balaban J connectivity index is 2.08. The molecule has 4 heteroatoms. The molecule has 0 bridgehead atoms. The van der Waals surface area contributed by atoms with Crippen molar-refractivity contribution in [1.82, 2.24) is 0 Å². The van der Waals surface area contributed by atoms with Crippen LogP contribution in [-0.2, 0) is 4.79 Å². The molecule has 0 spiro atoms. The number of anilines is 1. The van der Waals surface area contributed by atoms with E-state index in [4.69, 9.17) is 0 Å². The highest BCUT2D eigenvalue weighted by Gasteiger charge is 2.24. The molecule has 0 saturated carbocycles. The molecule has 0 radical (unpaired) electrons. The number of carbonyl (C=O) groups excluding carboxylic acids is 1. The molecule has 19 heavy (non-hydrogen) atoms. The number of fused-ring (bicyclic) bond motifs is 1. The fourth-order valence-corrected chi connectivity index (χ4v) is 2.04. The first kappa shape index (κ1) is 11.5. The van der Waals surface area contributed by atoms with E-state index < -0.39 is 0 Å². The lowest BCUT2D eigenvalue weighted by Crippen LogP contribution is -2.03. The van der Waals surface area contributed by atoms with Crippen molar-refractivity contribution in [2.75, 3.05) is 5.32 Å². The SMILES string of the molecule is O=C1Nc2ccc(F)cc2/C1=C\c1ccc(O)cc1. The fraction of sp³-hybridized carbons (Fsp3) is 0. The van der Waals surface area contributed by atoms with Gasteiger partial charge in [-0.3, -0.25) is 4.79 Å². The maximum absolute atomic E-state index is 13.3. The molecule has 2 aromatic rings. The molecule has 0 aliphatic carbocycles. The van der Waals surface area contributed by atoms with Gasteiger partial charge in [0.05, 0.1) is 0 Å². The summed E-state index contributed by atoms with van der Waals surface area (Å²) in [5, 5.41) is 11.9. The molecule has 2 aromatic carbocycles. The smallest absolute Gasteiger partial charge is 0.256 e. The Morgan fingerprint density at radius 2 is 1.84 bits per heavy atom. The third-order valence-electron chi connectivity index (χ3n) is 2.97. The molecule has 0 saturated heterocycles. The number of carbonyl (C=O) groups is 1. The molecule has 3 rings (SSSR count). The summed E-state index contributed by atoms with van der Waals surface area (Å²) in [5.41, 5.74) is 2.34. The van der Waals surface area contributed by atoms with Gasteiger partial charge in [-0.2, -0.15) is 0 Å². The third kappa shape index (κ3) is 2.08. The zero-order valence-electron chi connectivity index (χ0n) is 9.85. The number of hydrogen-bond acceptors (Lipinski definition) is 2. The first-order valence-corrected chi connectivity index (χ1v) is 5.75. The molecule has 3 nitrogen and oxygen atoms in total. The number of phenols is 1. The van der Waals surface area contributed by atoms with Gasteiger partial charge in [-0.05, 0) is 42.0 Å². The van der Waals surface area contributed by atoms with Crippen molar-refractivity contribution in [1.29, 1.82) is 0 Å². The fourth-order valence-electron chi connectivity index (χ4n) is 2.04. The molecule has 0 atom stereocenters. The molecule has 2 N–H and O–H groups in total.